The van der Waals surface area contributed by atoms with Crippen LogP contribution in [0.2, 0.25) is 0 Å². The van der Waals surface area contributed by atoms with Crippen LogP contribution in [0.5, 0.6) is 5.75 Å². The van der Waals surface area contributed by atoms with E-state index in [2.05, 4.69) is 15.9 Å². The summed E-state index contributed by atoms with van der Waals surface area (Å²) in [6.45, 7) is -0.917. The Kier molecular flexibility index (Phi) is 8.60. The van der Waals surface area contributed by atoms with Crippen molar-refractivity contribution in [3.8, 4) is 5.75 Å². The van der Waals surface area contributed by atoms with Gasteiger partial charge in [0.1, 0.15) is 12.4 Å². The van der Waals surface area contributed by atoms with Crippen molar-refractivity contribution >= 4 is 50.9 Å². The number of amides is 1. The van der Waals surface area contributed by atoms with Crippen molar-refractivity contribution in [2.75, 3.05) is 6.61 Å². The first kappa shape index (κ1) is 27.3. The number of thiophene rings is 1. The minimum Gasteiger partial charge on any atom is -0.806 e. The molecule has 16 heteroatoms. The van der Waals surface area contributed by atoms with Gasteiger partial charge in [-0.1, -0.05) is 0 Å². The summed E-state index contributed by atoms with van der Waals surface area (Å²) < 4.78 is 80.3. The summed E-state index contributed by atoms with van der Waals surface area (Å²) in [6, 6.07) is 1.95. The van der Waals surface area contributed by atoms with Crippen molar-refractivity contribution in [1.29, 1.82) is 0 Å². The molecule has 162 valence electrons. The Hall–Kier alpha value is -0.687. The zero-order valence-corrected chi connectivity index (χ0v) is 20.8. The summed E-state index contributed by atoms with van der Waals surface area (Å²) >= 11 is 2.86. The molecule has 0 bridgehead atoms. The Morgan fingerprint density at radius 1 is 1.30 bits per heavy atom. The van der Waals surface area contributed by atoms with Crippen molar-refractivity contribution in [1.82, 2.24) is 0 Å². The van der Waals surface area contributed by atoms with Crippen LogP contribution in [0.3, 0.4) is 0 Å². The minimum atomic E-state index is -6.42. The molecule has 0 radical (unpaired) electrons. The van der Waals surface area contributed by atoms with E-state index >= 15 is 0 Å². The van der Waals surface area contributed by atoms with Crippen LogP contribution in [0.15, 0.2) is 16.6 Å². The predicted octanol–water partition coefficient (Wildman–Crippen LogP) is 2.42. The normalized spacial score (nSPS) is 13.8. The summed E-state index contributed by atoms with van der Waals surface area (Å²) in [7, 11) is -6.42. The van der Waals surface area contributed by atoms with Crippen LogP contribution in [0.4, 0.5) is 22.0 Å². The number of hydrogen-bond acceptors (Lipinski definition) is 7. The summed E-state index contributed by atoms with van der Waals surface area (Å²) in [5.74, 6) is -1.45. The van der Waals surface area contributed by atoms with E-state index in [0.29, 0.717) is 0 Å². The molecular formula is C14H10BrF5NO6PSZn. The predicted molar refractivity (Wildman–Crippen MR) is 91.7 cm³/mol. The smallest absolute Gasteiger partial charge is 0.806 e. The van der Waals surface area contributed by atoms with E-state index in [0.717, 1.165) is 12.1 Å². The number of primary amides is 1. The first-order valence-electron chi connectivity index (χ1n) is 7.38. The van der Waals surface area contributed by atoms with Crippen LogP contribution < -0.4 is 20.3 Å². The number of ether oxygens (including phenoxy) is 1. The number of carbonyl (C=O) groups excluding carboxylic acids is 1. The van der Waals surface area contributed by atoms with Gasteiger partial charge in [0.25, 0.3) is 0 Å². The maximum absolute atomic E-state index is 14.0. The fourth-order valence-corrected chi connectivity index (χ4v) is 5.16. The molecule has 1 atom stereocenters. The average molecular weight is 592 g/mol. The van der Waals surface area contributed by atoms with Crippen molar-refractivity contribution in [3.05, 3.63) is 27.0 Å². The second-order valence-electron chi connectivity index (χ2n) is 5.78. The van der Waals surface area contributed by atoms with Gasteiger partial charge in [-0.3, -0.25) is 4.79 Å². The molecule has 0 saturated heterocycles. The topological polar surface area (TPSA) is 136 Å². The molecule has 0 saturated carbocycles. The third-order valence-corrected chi connectivity index (χ3v) is 6.93. The van der Waals surface area contributed by atoms with Gasteiger partial charge in [-0.25, -0.2) is 0 Å². The summed E-state index contributed by atoms with van der Waals surface area (Å²) in [6.07, 6.45) is -8.31. The molecule has 0 aliphatic carbocycles. The SMILES string of the molecule is NC(=O)c1cc(OCC(O)CC(F)(F)F)c2sc(C(F)(F)P(=O)([O-])[O-])c(Br)c2c1.[Zn+2]. The first-order chi connectivity index (χ1) is 13.0. The van der Waals surface area contributed by atoms with Gasteiger partial charge in [0.15, 0.2) is 0 Å². The third kappa shape index (κ3) is 5.96. The first-order valence-corrected chi connectivity index (χ1v) is 10.5. The number of aliphatic hydroxyl groups excluding tert-OH is 1. The number of alkyl halides is 5. The molecule has 0 aliphatic rings. The molecular weight excluding hydrogens is 581 g/mol. The number of benzene rings is 1. The van der Waals surface area contributed by atoms with Gasteiger partial charge in [-0.15, -0.1) is 11.3 Å². The van der Waals surface area contributed by atoms with Gasteiger partial charge in [-0.2, -0.15) is 22.0 Å². The molecule has 30 heavy (non-hydrogen) atoms. The van der Waals surface area contributed by atoms with Crippen LogP contribution in [0, 0.1) is 0 Å². The van der Waals surface area contributed by atoms with E-state index in [9.17, 15) is 46.2 Å². The van der Waals surface area contributed by atoms with Gasteiger partial charge < -0.3 is 29.9 Å². The molecule has 1 aromatic heterocycles. The Labute approximate surface area is 190 Å². The van der Waals surface area contributed by atoms with E-state index in [-0.39, 0.29) is 46.5 Å². The van der Waals surface area contributed by atoms with E-state index in [4.69, 9.17) is 10.5 Å². The fourth-order valence-electron chi connectivity index (χ4n) is 2.22. The van der Waals surface area contributed by atoms with E-state index in [1.807, 2.05) is 0 Å². The number of hydrogen-bond donors (Lipinski definition) is 2. The van der Waals surface area contributed by atoms with Crippen LogP contribution >= 0.6 is 34.9 Å². The molecule has 2 rings (SSSR count). The van der Waals surface area contributed by atoms with Gasteiger partial charge >= 0.3 is 31.3 Å². The molecule has 2 aromatic rings. The zero-order valence-electron chi connectivity index (χ0n) is 14.5. The summed E-state index contributed by atoms with van der Waals surface area (Å²) in [5.41, 5.74) is 0.0246. The monoisotopic (exact) mass is 589 g/mol. The molecule has 7 nitrogen and oxygen atoms in total. The van der Waals surface area contributed by atoms with Crippen LogP contribution in [0.25, 0.3) is 10.1 Å². The van der Waals surface area contributed by atoms with Gasteiger partial charge in [0.2, 0.25) is 5.91 Å². The Morgan fingerprint density at radius 2 is 1.87 bits per heavy atom. The third-order valence-electron chi connectivity index (χ3n) is 3.49. The molecule has 1 aromatic carbocycles. The number of halogens is 6. The van der Waals surface area contributed by atoms with Gasteiger partial charge in [0, 0.05) is 23.0 Å². The van der Waals surface area contributed by atoms with Crippen molar-refractivity contribution in [2.24, 2.45) is 5.73 Å². The summed E-state index contributed by atoms with van der Waals surface area (Å²) in [4.78, 5) is 32.2. The molecule has 1 amide bonds. The van der Waals surface area contributed by atoms with Crippen LogP contribution in [-0.4, -0.2) is 29.9 Å². The summed E-state index contributed by atoms with van der Waals surface area (Å²) in [5, 5.41) is 9.22. The van der Waals surface area contributed by atoms with E-state index in [1.165, 1.54) is 0 Å². The number of nitrogens with two attached hydrogens (primary N) is 1. The number of aliphatic hydroxyl groups is 1. The quantitative estimate of drug-likeness (QED) is 0.289. The molecule has 1 unspecified atom stereocenters. The molecule has 0 spiro atoms. The van der Waals surface area contributed by atoms with Crippen molar-refractivity contribution in [2.45, 2.75) is 24.4 Å². The van der Waals surface area contributed by atoms with Crippen LogP contribution in [-0.2, 0) is 29.7 Å². The molecule has 1 heterocycles. The second-order valence-corrected chi connectivity index (χ2v) is 9.15. The second kappa shape index (κ2) is 9.44. The van der Waals surface area contributed by atoms with Crippen molar-refractivity contribution < 1.29 is 70.4 Å². The molecule has 0 aliphatic heterocycles. The fraction of sp³-hybridized carbons (Fsp3) is 0.357. The largest absolute Gasteiger partial charge is 2.00 e. The molecule has 3 N–H and O–H groups in total. The van der Waals surface area contributed by atoms with Crippen LogP contribution in [0.1, 0.15) is 21.7 Å². The number of fused-ring (bicyclic) bond motifs is 1. The maximum Gasteiger partial charge on any atom is 2.00 e. The average Bonchev–Trinajstić information content (AvgIpc) is 2.87. The van der Waals surface area contributed by atoms with E-state index in [1.54, 1.807) is 0 Å². The number of carbonyl (C=O) groups is 1. The standard InChI is InChI=1S/C14H12BrF5NO6PS.Zn/c15-9-7-1-5(12(21)23)2-8(27-4-6(22)3-13(16,17)18)10(7)29-11(9)14(19,20)28(24,25)26;/h1-2,6,22H,3-4H2,(H2,21,23)(H2,24,25,26);/q;+2/p-2. The Bertz CT molecular complexity index is 997. The maximum atomic E-state index is 14.0. The Morgan fingerprint density at radius 3 is 2.33 bits per heavy atom. The molecule has 0 fully saturated rings. The minimum absolute atomic E-state index is 0. The Balaban J connectivity index is 0.00000450. The van der Waals surface area contributed by atoms with Gasteiger partial charge in [-0.05, 0) is 28.1 Å². The van der Waals surface area contributed by atoms with Crippen molar-refractivity contribution in [3.63, 3.8) is 0 Å². The number of rotatable bonds is 7. The zero-order chi connectivity index (χ0) is 22.4. The van der Waals surface area contributed by atoms with E-state index < -0.39 is 59.6 Å². The van der Waals surface area contributed by atoms with Gasteiger partial charge in [0.05, 0.1) is 22.1 Å².